The monoisotopic (exact) mass is 352 g/mol. The number of aryl methyl sites for hydroxylation is 1. The van der Waals surface area contributed by atoms with Crippen LogP contribution in [0.1, 0.15) is 56.0 Å². The summed E-state index contributed by atoms with van der Waals surface area (Å²) in [5.74, 6) is 0. The van der Waals surface area contributed by atoms with Gasteiger partial charge in [-0.3, -0.25) is 0 Å². The Balaban J connectivity index is 1.90. The zero-order valence-electron chi connectivity index (χ0n) is 15.2. The molecule has 130 valence electrons. The van der Waals surface area contributed by atoms with Crippen LogP contribution in [0.4, 0.5) is 5.69 Å². The van der Waals surface area contributed by atoms with Crippen LogP contribution in [-0.4, -0.2) is 16.2 Å². The van der Waals surface area contributed by atoms with Gasteiger partial charge in [-0.05, 0) is 74.9 Å². The van der Waals surface area contributed by atoms with E-state index in [2.05, 4.69) is 57.3 Å². The quantitative estimate of drug-likeness (QED) is 0.761. The van der Waals surface area contributed by atoms with Gasteiger partial charge in [-0.2, -0.15) is 5.26 Å². The highest BCUT2D eigenvalue weighted by atomic mass is 32.1. The normalized spacial score (nSPS) is 29.4. The Bertz CT molecular complexity index is 907. The number of benzene rings is 1. The van der Waals surface area contributed by atoms with Crippen LogP contribution in [0.25, 0.3) is 10.4 Å². The number of hydrogen-bond acceptors (Lipinski definition) is 4. The molecule has 1 aromatic heterocycles. The van der Waals surface area contributed by atoms with Gasteiger partial charge in [0.05, 0.1) is 11.1 Å². The maximum Gasteiger partial charge on any atom is 0.110 e. The van der Waals surface area contributed by atoms with Gasteiger partial charge < -0.3 is 10.4 Å². The Morgan fingerprint density at radius 2 is 1.96 bits per heavy atom. The molecule has 1 aliphatic carbocycles. The Morgan fingerprint density at radius 3 is 2.64 bits per heavy atom. The molecule has 2 unspecified atom stereocenters. The Hall–Kier alpha value is -1.83. The zero-order chi connectivity index (χ0) is 18.0. The van der Waals surface area contributed by atoms with Crippen molar-refractivity contribution in [2.24, 2.45) is 0 Å². The summed E-state index contributed by atoms with van der Waals surface area (Å²) in [5.41, 5.74) is 3.23. The van der Waals surface area contributed by atoms with E-state index in [0.29, 0.717) is 0 Å². The SMILES string of the molecule is Cc1cc(C#N)sc1-c1ccc2c(c1)C1(C)CCCC1(O)C(C)(C)N2. The van der Waals surface area contributed by atoms with E-state index in [4.69, 9.17) is 0 Å². The van der Waals surface area contributed by atoms with Gasteiger partial charge >= 0.3 is 0 Å². The molecule has 0 radical (unpaired) electrons. The van der Waals surface area contributed by atoms with Gasteiger partial charge in [-0.1, -0.05) is 13.0 Å². The summed E-state index contributed by atoms with van der Waals surface area (Å²) in [5, 5.41) is 24.4. The topological polar surface area (TPSA) is 56.0 Å². The second-order valence-electron chi connectivity index (χ2n) is 8.29. The van der Waals surface area contributed by atoms with Crippen LogP contribution in [-0.2, 0) is 5.41 Å². The number of nitriles is 1. The smallest absolute Gasteiger partial charge is 0.110 e. The molecule has 3 nitrogen and oxygen atoms in total. The first kappa shape index (κ1) is 16.6. The van der Waals surface area contributed by atoms with E-state index in [0.717, 1.165) is 45.8 Å². The van der Waals surface area contributed by atoms with Crippen LogP contribution in [0.5, 0.6) is 0 Å². The van der Waals surface area contributed by atoms with Crippen LogP contribution >= 0.6 is 11.3 Å². The standard InChI is InChI=1S/C21H24N2OS/c1-13-10-15(12-22)25-18(13)14-6-7-17-16(11-14)20(4)8-5-9-21(20,24)19(2,3)23-17/h6-7,10-11,23-24H,5,8-9H2,1-4H3. The number of anilines is 1. The third-order valence-corrected chi connectivity index (χ3v) is 7.70. The van der Waals surface area contributed by atoms with Crippen LogP contribution < -0.4 is 5.32 Å². The van der Waals surface area contributed by atoms with E-state index in [-0.39, 0.29) is 11.0 Å². The van der Waals surface area contributed by atoms with Crippen molar-refractivity contribution in [1.82, 2.24) is 0 Å². The van der Waals surface area contributed by atoms with Crippen LogP contribution in [0.15, 0.2) is 24.3 Å². The zero-order valence-corrected chi connectivity index (χ0v) is 16.0. The van der Waals surface area contributed by atoms with Gasteiger partial charge in [0, 0.05) is 16.0 Å². The summed E-state index contributed by atoms with van der Waals surface area (Å²) < 4.78 is 0. The van der Waals surface area contributed by atoms with Crippen molar-refractivity contribution in [1.29, 1.82) is 5.26 Å². The molecule has 1 aromatic carbocycles. The molecule has 4 rings (SSSR count). The predicted molar refractivity (Wildman–Crippen MR) is 103 cm³/mol. The summed E-state index contributed by atoms with van der Waals surface area (Å²) in [6.45, 7) is 8.49. The molecule has 0 saturated heterocycles. The fourth-order valence-electron chi connectivity index (χ4n) is 5.05. The first-order valence-corrected chi connectivity index (χ1v) is 9.69. The third kappa shape index (κ3) is 2.06. The molecule has 1 aliphatic heterocycles. The van der Waals surface area contributed by atoms with E-state index in [1.54, 1.807) is 11.3 Å². The summed E-state index contributed by atoms with van der Waals surface area (Å²) >= 11 is 1.54. The van der Waals surface area contributed by atoms with Crippen molar-refractivity contribution in [2.45, 2.75) is 63.5 Å². The minimum absolute atomic E-state index is 0.254. The second-order valence-corrected chi connectivity index (χ2v) is 9.34. The van der Waals surface area contributed by atoms with Gasteiger partial charge in [0.15, 0.2) is 0 Å². The first-order valence-electron chi connectivity index (χ1n) is 8.88. The van der Waals surface area contributed by atoms with Gasteiger partial charge in [0.25, 0.3) is 0 Å². The molecule has 2 aromatic rings. The highest BCUT2D eigenvalue weighted by Crippen LogP contribution is 2.59. The maximum atomic E-state index is 11.6. The highest BCUT2D eigenvalue weighted by Gasteiger charge is 2.62. The number of nitrogens with zero attached hydrogens (tertiary/aromatic N) is 1. The van der Waals surface area contributed by atoms with Crippen molar-refractivity contribution in [3.8, 4) is 16.5 Å². The van der Waals surface area contributed by atoms with E-state index in [9.17, 15) is 10.4 Å². The first-order chi connectivity index (χ1) is 11.7. The third-order valence-electron chi connectivity index (χ3n) is 6.51. The molecule has 0 bridgehead atoms. The molecule has 0 spiro atoms. The molecular formula is C21H24N2OS. The number of nitrogens with one attached hydrogen (secondary N) is 1. The molecule has 2 aliphatic rings. The molecule has 25 heavy (non-hydrogen) atoms. The van der Waals surface area contributed by atoms with Crippen LogP contribution in [0.3, 0.4) is 0 Å². The molecule has 0 amide bonds. The molecule has 4 heteroatoms. The lowest BCUT2D eigenvalue weighted by molar-refractivity contribution is -0.0628. The lowest BCUT2D eigenvalue weighted by atomic mass is 9.60. The van der Waals surface area contributed by atoms with E-state index in [1.165, 1.54) is 5.56 Å². The Morgan fingerprint density at radius 1 is 1.20 bits per heavy atom. The molecule has 2 heterocycles. The van der Waals surface area contributed by atoms with Crippen molar-refractivity contribution in [2.75, 3.05) is 5.32 Å². The van der Waals surface area contributed by atoms with Crippen molar-refractivity contribution in [3.05, 3.63) is 40.3 Å². The summed E-state index contributed by atoms with van der Waals surface area (Å²) in [6, 6.07) is 10.7. The van der Waals surface area contributed by atoms with Gasteiger partial charge in [0.2, 0.25) is 0 Å². The number of thiophene rings is 1. The average molecular weight is 353 g/mol. The highest BCUT2D eigenvalue weighted by molar-refractivity contribution is 7.16. The van der Waals surface area contributed by atoms with Crippen molar-refractivity contribution in [3.63, 3.8) is 0 Å². The van der Waals surface area contributed by atoms with Crippen LogP contribution in [0.2, 0.25) is 0 Å². The summed E-state index contributed by atoms with van der Waals surface area (Å²) in [6.07, 6.45) is 2.86. The average Bonchev–Trinajstić information content (AvgIpc) is 3.09. The predicted octanol–water partition coefficient (Wildman–Crippen LogP) is 4.97. The number of hydrogen-bond donors (Lipinski definition) is 2. The summed E-state index contributed by atoms with van der Waals surface area (Å²) in [7, 11) is 0. The summed E-state index contributed by atoms with van der Waals surface area (Å²) in [4.78, 5) is 1.89. The van der Waals surface area contributed by atoms with Gasteiger partial charge in [0.1, 0.15) is 10.9 Å². The Kier molecular flexibility index (Phi) is 3.39. The fraction of sp³-hybridized carbons (Fsp3) is 0.476. The number of aliphatic hydroxyl groups is 1. The van der Waals surface area contributed by atoms with Gasteiger partial charge in [-0.15, -0.1) is 11.3 Å². The van der Waals surface area contributed by atoms with E-state index in [1.807, 2.05) is 6.07 Å². The minimum Gasteiger partial charge on any atom is -0.387 e. The van der Waals surface area contributed by atoms with Gasteiger partial charge in [-0.25, -0.2) is 0 Å². The lowest BCUT2D eigenvalue weighted by Crippen LogP contribution is -2.65. The molecule has 2 atom stereocenters. The second kappa shape index (κ2) is 5.09. The molecule has 2 N–H and O–H groups in total. The van der Waals surface area contributed by atoms with E-state index >= 15 is 0 Å². The lowest BCUT2D eigenvalue weighted by Gasteiger charge is -2.55. The van der Waals surface area contributed by atoms with Crippen LogP contribution in [0, 0.1) is 18.3 Å². The largest absolute Gasteiger partial charge is 0.387 e. The number of rotatable bonds is 1. The minimum atomic E-state index is -0.756. The number of fused-ring (bicyclic) bond motifs is 3. The van der Waals surface area contributed by atoms with Crippen molar-refractivity contribution < 1.29 is 5.11 Å². The Labute approximate surface area is 153 Å². The van der Waals surface area contributed by atoms with Crippen molar-refractivity contribution >= 4 is 17.0 Å². The van der Waals surface area contributed by atoms with E-state index < -0.39 is 5.60 Å². The molecule has 1 saturated carbocycles. The fourth-order valence-corrected chi connectivity index (χ4v) is 6.02. The molecular weight excluding hydrogens is 328 g/mol. The maximum absolute atomic E-state index is 11.6. The molecule has 1 fully saturated rings.